The summed E-state index contributed by atoms with van der Waals surface area (Å²) in [4.78, 5) is 30.6. The van der Waals surface area contributed by atoms with Gasteiger partial charge in [-0.2, -0.15) is 11.8 Å². The molecule has 4 heterocycles. The quantitative estimate of drug-likeness (QED) is 0.244. The minimum Gasteiger partial charge on any atom is -0.490 e. The third-order valence-corrected chi connectivity index (χ3v) is 9.63. The molecule has 1 aliphatic carbocycles. The van der Waals surface area contributed by atoms with Crippen LogP contribution in [0.2, 0.25) is 0 Å². The molecule has 1 N–H and O–H groups in total. The second kappa shape index (κ2) is 15.0. The summed E-state index contributed by atoms with van der Waals surface area (Å²) in [6, 6.07) is 6.31. The molecule has 6 rings (SSSR count). The number of nitrogens with one attached hydrogen (secondary N) is 1. The van der Waals surface area contributed by atoms with Crippen LogP contribution in [0.15, 0.2) is 43.0 Å². The fraction of sp³-hybridized carbons (Fsp3) is 0.543. The summed E-state index contributed by atoms with van der Waals surface area (Å²) in [7, 11) is 0. The number of nitrogens with zero attached hydrogens (tertiary/aromatic N) is 5. The van der Waals surface area contributed by atoms with Gasteiger partial charge in [-0.25, -0.2) is 14.4 Å². The summed E-state index contributed by atoms with van der Waals surface area (Å²) >= 11 is 1.86. The lowest BCUT2D eigenvalue weighted by Gasteiger charge is -2.59. The monoisotopic (exact) mass is 650 g/mol. The molecule has 0 bridgehead atoms. The molecule has 3 aromatic rings. The lowest BCUT2D eigenvalue weighted by molar-refractivity contribution is -0.0351. The Morgan fingerprint density at radius 2 is 1.96 bits per heavy atom. The Hall–Kier alpha value is -3.44. The predicted octanol–water partition coefficient (Wildman–Crippen LogP) is 6.69. The summed E-state index contributed by atoms with van der Waals surface area (Å²) in [5, 5.41) is 3.67. The number of anilines is 1. The van der Waals surface area contributed by atoms with E-state index in [4.69, 9.17) is 9.47 Å². The number of fused-ring (bicyclic) bond motifs is 1. The Bertz CT molecular complexity index is 1490. The lowest BCUT2D eigenvalue weighted by atomic mass is 9.61. The minimum absolute atomic E-state index is 0.0333. The number of amides is 1. The van der Waals surface area contributed by atoms with Crippen molar-refractivity contribution >= 4 is 23.5 Å². The third-order valence-electron chi connectivity index (χ3n) is 8.99. The number of halogens is 1. The van der Waals surface area contributed by atoms with Crippen LogP contribution in [0.5, 0.6) is 17.2 Å². The number of carbonyl (C=O) groups excluding carboxylic acids is 1. The van der Waals surface area contributed by atoms with Gasteiger partial charge in [0.25, 0.3) is 5.91 Å². The van der Waals surface area contributed by atoms with Gasteiger partial charge in [0, 0.05) is 61.9 Å². The van der Waals surface area contributed by atoms with Crippen LogP contribution in [-0.4, -0.2) is 76.1 Å². The van der Waals surface area contributed by atoms with Crippen molar-refractivity contribution in [1.29, 1.82) is 0 Å². The van der Waals surface area contributed by atoms with Crippen LogP contribution < -0.4 is 19.7 Å². The van der Waals surface area contributed by atoms with Crippen molar-refractivity contribution in [1.82, 2.24) is 25.2 Å². The Labute approximate surface area is 276 Å². The van der Waals surface area contributed by atoms with Crippen molar-refractivity contribution in [2.45, 2.75) is 78.5 Å². The van der Waals surface area contributed by atoms with E-state index in [2.05, 4.69) is 31.4 Å². The Balaban J connectivity index is 0.00000204. The van der Waals surface area contributed by atoms with E-state index in [1.54, 1.807) is 11.1 Å². The normalized spacial score (nSPS) is 18.2. The number of hydrogen-bond acceptors (Lipinski definition) is 9. The summed E-state index contributed by atoms with van der Waals surface area (Å²) < 4.78 is 27.1. The largest absolute Gasteiger partial charge is 0.490 e. The van der Waals surface area contributed by atoms with Gasteiger partial charge in [0.1, 0.15) is 29.7 Å². The Kier molecular flexibility index (Phi) is 11.0. The number of ether oxygens (including phenoxy) is 2. The molecule has 3 aliphatic rings. The lowest BCUT2D eigenvalue weighted by Crippen LogP contribution is -2.65. The van der Waals surface area contributed by atoms with E-state index in [0.717, 1.165) is 62.5 Å². The molecule has 2 aliphatic heterocycles. The van der Waals surface area contributed by atoms with Crippen LogP contribution in [0.3, 0.4) is 0 Å². The first kappa shape index (κ1) is 33.9. The maximum atomic E-state index is 14.3. The number of benzene rings is 1. The SMILES string of the molecule is CC.CCN(C(=O)c1cc(F)ccc1Oc1cncnc1N1CC2(CC(Oc3ccnc4c3C(CCSC)NCC4)C2)C1)C(C)C. The number of pyridine rings is 1. The standard InChI is InChI=1S/C33H41FN6O3S.C2H6/c1-5-40(21(2)3)32(41)24-14-22(34)6-7-27(24)43-29-17-35-20-38-31(29)39-18-33(19-39)15-23(16-33)42-28-9-12-37-25-8-11-36-26(30(25)28)10-13-44-4;1-2/h6-7,9,12,14,17,20-21,23,26,36H,5,8,10-11,13,15-16,18-19H2,1-4H3;1-2H3. The maximum Gasteiger partial charge on any atom is 0.257 e. The number of hydrogen-bond donors (Lipinski definition) is 1. The highest BCUT2D eigenvalue weighted by atomic mass is 32.2. The molecule has 1 amide bonds. The number of carbonyl (C=O) groups is 1. The number of rotatable bonds is 11. The van der Waals surface area contributed by atoms with Gasteiger partial charge in [0.05, 0.1) is 17.5 Å². The highest BCUT2D eigenvalue weighted by Crippen LogP contribution is 2.52. The molecule has 1 unspecified atom stereocenters. The van der Waals surface area contributed by atoms with E-state index >= 15 is 0 Å². The molecule has 1 atom stereocenters. The van der Waals surface area contributed by atoms with Crippen molar-refractivity contribution in [2.75, 3.05) is 43.1 Å². The van der Waals surface area contributed by atoms with Crippen LogP contribution in [0.25, 0.3) is 0 Å². The zero-order chi connectivity index (χ0) is 32.8. The first-order valence-corrected chi connectivity index (χ1v) is 17.9. The van der Waals surface area contributed by atoms with Gasteiger partial charge in [0.2, 0.25) is 0 Å². The minimum atomic E-state index is -0.490. The van der Waals surface area contributed by atoms with Gasteiger partial charge in [-0.1, -0.05) is 13.8 Å². The molecule has 2 aromatic heterocycles. The molecule has 1 saturated heterocycles. The molecular weight excluding hydrogens is 603 g/mol. The van der Waals surface area contributed by atoms with E-state index in [1.807, 2.05) is 58.6 Å². The van der Waals surface area contributed by atoms with Gasteiger partial charge < -0.3 is 24.6 Å². The maximum absolute atomic E-state index is 14.3. The van der Waals surface area contributed by atoms with E-state index in [9.17, 15) is 9.18 Å². The van der Waals surface area contributed by atoms with Crippen LogP contribution >= 0.6 is 11.8 Å². The van der Waals surface area contributed by atoms with Crippen LogP contribution in [0, 0.1) is 11.2 Å². The second-order valence-electron chi connectivity index (χ2n) is 12.3. The Morgan fingerprint density at radius 3 is 2.67 bits per heavy atom. The first-order valence-electron chi connectivity index (χ1n) is 16.5. The van der Waals surface area contributed by atoms with Crippen LogP contribution in [0.4, 0.5) is 10.2 Å². The summed E-state index contributed by atoms with van der Waals surface area (Å²) in [5.74, 6) is 2.69. The average Bonchev–Trinajstić information content (AvgIpc) is 3.02. The van der Waals surface area contributed by atoms with E-state index in [-0.39, 0.29) is 40.8 Å². The summed E-state index contributed by atoms with van der Waals surface area (Å²) in [6.45, 7) is 12.9. The Morgan fingerprint density at radius 1 is 1.17 bits per heavy atom. The average molecular weight is 651 g/mol. The zero-order valence-electron chi connectivity index (χ0n) is 27.9. The molecule has 9 nitrogen and oxygen atoms in total. The van der Waals surface area contributed by atoms with Crippen LogP contribution in [0.1, 0.15) is 81.5 Å². The smallest absolute Gasteiger partial charge is 0.257 e. The molecule has 11 heteroatoms. The first-order chi connectivity index (χ1) is 22.3. The topological polar surface area (TPSA) is 92.7 Å². The van der Waals surface area contributed by atoms with E-state index in [0.29, 0.717) is 18.1 Å². The summed E-state index contributed by atoms with van der Waals surface area (Å²) in [6.07, 6.45) is 11.2. The number of thioether (sulfide) groups is 1. The molecule has 1 spiro atoms. The van der Waals surface area contributed by atoms with Crippen molar-refractivity contribution in [3.8, 4) is 17.2 Å². The highest BCUT2D eigenvalue weighted by molar-refractivity contribution is 7.98. The predicted molar refractivity (Wildman–Crippen MR) is 182 cm³/mol. The molecule has 0 radical (unpaired) electrons. The van der Waals surface area contributed by atoms with Gasteiger partial charge in [-0.3, -0.25) is 9.78 Å². The second-order valence-corrected chi connectivity index (χ2v) is 13.3. The molecule has 46 heavy (non-hydrogen) atoms. The highest BCUT2D eigenvalue weighted by Gasteiger charge is 2.54. The zero-order valence-corrected chi connectivity index (χ0v) is 28.7. The van der Waals surface area contributed by atoms with Gasteiger partial charge in [-0.15, -0.1) is 0 Å². The molecular formula is C35H47FN6O3S. The van der Waals surface area contributed by atoms with Crippen molar-refractivity contribution in [2.24, 2.45) is 5.41 Å². The van der Waals surface area contributed by atoms with E-state index < -0.39 is 5.82 Å². The van der Waals surface area contributed by atoms with Gasteiger partial charge >= 0.3 is 0 Å². The molecule has 248 valence electrons. The number of aromatic nitrogens is 3. The summed E-state index contributed by atoms with van der Waals surface area (Å²) in [5.41, 5.74) is 2.75. The molecule has 1 saturated carbocycles. The van der Waals surface area contributed by atoms with Crippen molar-refractivity contribution in [3.05, 3.63) is 65.6 Å². The fourth-order valence-electron chi connectivity index (χ4n) is 6.86. The van der Waals surface area contributed by atoms with Gasteiger partial charge in [-0.05, 0) is 76.3 Å². The van der Waals surface area contributed by atoms with Crippen molar-refractivity contribution in [3.63, 3.8) is 0 Å². The molecule has 2 fully saturated rings. The third kappa shape index (κ3) is 7.10. The van der Waals surface area contributed by atoms with Crippen molar-refractivity contribution < 1.29 is 18.7 Å². The van der Waals surface area contributed by atoms with Crippen LogP contribution in [-0.2, 0) is 6.42 Å². The fourth-order valence-corrected chi connectivity index (χ4v) is 7.33. The van der Waals surface area contributed by atoms with Gasteiger partial charge in [0.15, 0.2) is 11.6 Å². The van der Waals surface area contributed by atoms with E-state index in [1.165, 1.54) is 30.1 Å². The molecule has 1 aromatic carbocycles.